The Morgan fingerprint density at radius 2 is 2.09 bits per heavy atom. The lowest BCUT2D eigenvalue weighted by Gasteiger charge is -2.27. The molecule has 3 aromatic rings. The van der Waals surface area contributed by atoms with Crippen molar-refractivity contribution in [1.82, 2.24) is 14.9 Å². The third-order valence-electron chi connectivity index (χ3n) is 5.16. The van der Waals surface area contributed by atoms with Crippen LogP contribution in [0.2, 0.25) is 5.02 Å². The summed E-state index contributed by atoms with van der Waals surface area (Å²) in [5, 5.41) is 3.65. The Morgan fingerprint density at radius 1 is 1.31 bits per heavy atom. The van der Waals surface area contributed by atoms with Gasteiger partial charge in [-0.3, -0.25) is 9.69 Å². The Kier molecular flexibility index (Phi) is 7.79. The molecule has 0 unspecified atom stereocenters. The van der Waals surface area contributed by atoms with Crippen molar-refractivity contribution in [2.75, 3.05) is 32.7 Å². The molecule has 1 amide bonds. The molecule has 1 atom stereocenters. The van der Waals surface area contributed by atoms with Gasteiger partial charge < -0.3 is 20.5 Å². The molecule has 2 aromatic carbocycles. The van der Waals surface area contributed by atoms with E-state index >= 15 is 0 Å². The lowest BCUT2D eigenvalue weighted by molar-refractivity contribution is -0.123. The van der Waals surface area contributed by atoms with Crippen LogP contribution in [0.25, 0.3) is 10.9 Å². The van der Waals surface area contributed by atoms with Crippen molar-refractivity contribution >= 4 is 39.9 Å². The van der Waals surface area contributed by atoms with Crippen LogP contribution in [0.3, 0.4) is 0 Å². The van der Waals surface area contributed by atoms with E-state index in [1.165, 1.54) is 12.4 Å². The number of benzene rings is 2. The quantitative estimate of drug-likeness (QED) is 0.476. The maximum Gasteiger partial charge on any atom is 0.234 e. The number of aromatic nitrogens is 2. The van der Waals surface area contributed by atoms with Gasteiger partial charge in [-0.25, -0.2) is 14.4 Å². The van der Waals surface area contributed by atoms with Crippen LogP contribution in [0.15, 0.2) is 36.7 Å². The summed E-state index contributed by atoms with van der Waals surface area (Å²) in [7, 11) is 3.15. The van der Waals surface area contributed by atoms with E-state index in [0.717, 1.165) is 5.56 Å². The van der Waals surface area contributed by atoms with Gasteiger partial charge in [0, 0.05) is 37.2 Å². The number of nitrogens with zero attached hydrogens (tertiary/aromatic N) is 3. The minimum absolute atomic E-state index is 0.00458. The minimum atomic E-state index is -0.573. The van der Waals surface area contributed by atoms with E-state index in [2.05, 4.69) is 15.3 Å². The number of rotatable bonds is 10. The van der Waals surface area contributed by atoms with E-state index in [0.29, 0.717) is 42.2 Å². The number of hydrogen-bond acceptors (Lipinski definition) is 7. The van der Waals surface area contributed by atoms with Gasteiger partial charge in [-0.1, -0.05) is 17.7 Å². The summed E-state index contributed by atoms with van der Waals surface area (Å²) in [5.41, 5.74) is 7.12. The highest BCUT2D eigenvalue weighted by Gasteiger charge is 2.21. The predicted octanol–water partition coefficient (Wildman–Crippen LogP) is 3.50. The number of ether oxygens (including phenoxy) is 2. The number of methoxy groups -OCH3 is 2. The third-order valence-corrected chi connectivity index (χ3v) is 5.45. The maximum absolute atomic E-state index is 14.4. The number of nitrogens with one attached hydrogen (secondary N) is 1. The molecular formula is C22H25ClFN5O3. The number of fused-ring (bicyclic) bond motifs is 1. The van der Waals surface area contributed by atoms with Crippen LogP contribution >= 0.6 is 11.6 Å². The summed E-state index contributed by atoms with van der Waals surface area (Å²) < 4.78 is 25.2. The lowest BCUT2D eigenvalue weighted by Crippen LogP contribution is -2.43. The molecule has 1 heterocycles. The molecule has 0 saturated heterocycles. The van der Waals surface area contributed by atoms with E-state index in [1.807, 2.05) is 11.0 Å². The molecule has 0 aliphatic rings. The predicted molar refractivity (Wildman–Crippen MR) is 122 cm³/mol. The Hall–Kier alpha value is -3.01. The van der Waals surface area contributed by atoms with E-state index in [-0.39, 0.29) is 10.7 Å². The average Bonchev–Trinajstić information content (AvgIpc) is 2.78. The van der Waals surface area contributed by atoms with Crippen molar-refractivity contribution in [2.24, 2.45) is 5.73 Å². The molecular weight excluding hydrogens is 437 g/mol. The first kappa shape index (κ1) is 23.6. The number of hydrogen-bond donors (Lipinski definition) is 2. The number of halogens is 2. The van der Waals surface area contributed by atoms with E-state index in [9.17, 15) is 9.18 Å². The van der Waals surface area contributed by atoms with Gasteiger partial charge in [-0.15, -0.1) is 0 Å². The fraction of sp³-hybridized carbons (Fsp3) is 0.318. The Morgan fingerprint density at radius 3 is 2.78 bits per heavy atom. The van der Waals surface area contributed by atoms with Gasteiger partial charge in [0.15, 0.2) is 5.82 Å². The van der Waals surface area contributed by atoms with Crippen molar-refractivity contribution in [3.8, 4) is 5.75 Å². The number of carbonyl (C=O) groups excluding carboxylic acids is 1. The fourth-order valence-electron chi connectivity index (χ4n) is 3.29. The zero-order valence-electron chi connectivity index (χ0n) is 18.1. The van der Waals surface area contributed by atoms with E-state index in [4.69, 9.17) is 26.8 Å². The molecule has 0 aliphatic carbocycles. The largest absolute Gasteiger partial charge is 0.496 e. The van der Waals surface area contributed by atoms with Gasteiger partial charge in [0.1, 0.15) is 17.9 Å². The normalized spacial score (nSPS) is 12.2. The first-order chi connectivity index (χ1) is 15.3. The Balaban J connectivity index is 2.03. The average molecular weight is 462 g/mol. The molecule has 32 heavy (non-hydrogen) atoms. The molecule has 10 heteroatoms. The van der Waals surface area contributed by atoms with Crippen LogP contribution in [0.1, 0.15) is 12.5 Å². The summed E-state index contributed by atoms with van der Waals surface area (Å²) in [6, 6.07) is 7.79. The zero-order valence-corrected chi connectivity index (χ0v) is 18.8. The standard InChI is InChI=1S/C22H25ClFN5O3/c1-13(21(25)30)29(7-8-31-2)11-14-9-15-18(10-19(14)32-3)26-12-27-22(15)28-17-6-4-5-16(23)20(17)24/h4-6,9-10,12-13H,7-8,11H2,1-3H3,(H2,25,30)(H,26,27,28)/t13-/m1/s1. The third kappa shape index (κ3) is 5.24. The molecule has 0 radical (unpaired) electrons. The Labute approximate surface area is 190 Å². The zero-order chi connectivity index (χ0) is 23.3. The summed E-state index contributed by atoms with van der Waals surface area (Å²) in [6.07, 6.45) is 1.38. The van der Waals surface area contributed by atoms with Crippen LogP contribution in [0.5, 0.6) is 5.75 Å². The molecule has 3 N–H and O–H groups in total. The first-order valence-electron chi connectivity index (χ1n) is 9.90. The summed E-state index contributed by atoms with van der Waals surface area (Å²) in [6.45, 7) is 3.03. The molecule has 8 nitrogen and oxygen atoms in total. The number of nitrogens with two attached hydrogens (primary N) is 1. The number of carbonyl (C=O) groups is 1. The molecule has 0 aliphatic heterocycles. The van der Waals surface area contributed by atoms with Crippen LogP contribution in [-0.4, -0.2) is 54.2 Å². The summed E-state index contributed by atoms with van der Waals surface area (Å²) in [4.78, 5) is 22.3. The van der Waals surface area contributed by atoms with Crippen LogP contribution in [0, 0.1) is 5.82 Å². The van der Waals surface area contributed by atoms with Crippen LogP contribution in [-0.2, 0) is 16.1 Å². The van der Waals surface area contributed by atoms with Gasteiger partial charge >= 0.3 is 0 Å². The number of amides is 1. The van der Waals surface area contributed by atoms with E-state index in [1.54, 1.807) is 39.3 Å². The summed E-state index contributed by atoms with van der Waals surface area (Å²) >= 11 is 5.90. The molecule has 0 fully saturated rings. The highest BCUT2D eigenvalue weighted by atomic mass is 35.5. The van der Waals surface area contributed by atoms with Gasteiger partial charge in [0.25, 0.3) is 0 Å². The van der Waals surface area contributed by atoms with E-state index < -0.39 is 17.8 Å². The highest BCUT2D eigenvalue weighted by molar-refractivity contribution is 6.31. The summed E-state index contributed by atoms with van der Waals surface area (Å²) in [5.74, 6) is -0.0136. The van der Waals surface area contributed by atoms with Crippen molar-refractivity contribution in [3.63, 3.8) is 0 Å². The number of anilines is 2. The SMILES string of the molecule is COCCN(Cc1cc2c(Nc3cccc(Cl)c3F)ncnc2cc1OC)[C@H](C)C(N)=O. The minimum Gasteiger partial charge on any atom is -0.496 e. The molecule has 1 aromatic heterocycles. The second-order valence-corrected chi connectivity index (χ2v) is 7.58. The van der Waals surface area contributed by atoms with Gasteiger partial charge in [-0.05, 0) is 25.1 Å². The van der Waals surface area contributed by atoms with Crippen molar-refractivity contribution in [2.45, 2.75) is 19.5 Å². The van der Waals surface area contributed by atoms with Gasteiger partial charge in [-0.2, -0.15) is 0 Å². The van der Waals surface area contributed by atoms with Gasteiger partial charge in [0.05, 0.1) is 36.0 Å². The molecule has 170 valence electrons. The monoisotopic (exact) mass is 461 g/mol. The molecule has 0 saturated carbocycles. The van der Waals surface area contributed by atoms with Crippen molar-refractivity contribution in [1.29, 1.82) is 0 Å². The second kappa shape index (κ2) is 10.5. The first-order valence-corrected chi connectivity index (χ1v) is 10.3. The Bertz CT molecular complexity index is 1110. The molecule has 0 spiro atoms. The smallest absolute Gasteiger partial charge is 0.234 e. The van der Waals surface area contributed by atoms with Gasteiger partial charge in [0.2, 0.25) is 5.91 Å². The van der Waals surface area contributed by atoms with Crippen molar-refractivity contribution < 1.29 is 18.7 Å². The van der Waals surface area contributed by atoms with Crippen LogP contribution < -0.4 is 15.8 Å². The lowest BCUT2D eigenvalue weighted by atomic mass is 10.1. The fourth-order valence-corrected chi connectivity index (χ4v) is 3.46. The highest BCUT2D eigenvalue weighted by Crippen LogP contribution is 2.32. The maximum atomic E-state index is 14.4. The topological polar surface area (TPSA) is 103 Å². The number of primary amides is 1. The van der Waals surface area contributed by atoms with Crippen molar-refractivity contribution in [3.05, 3.63) is 53.1 Å². The van der Waals surface area contributed by atoms with Crippen LogP contribution in [0.4, 0.5) is 15.9 Å². The molecule has 3 rings (SSSR count). The molecule has 0 bridgehead atoms. The second-order valence-electron chi connectivity index (χ2n) is 7.17.